The number of hydrogen-bond acceptors (Lipinski definition) is 4. The van der Waals surface area contributed by atoms with Crippen molar-refractivity contribution in [3.05, 3.63) is 94.5 Å². The Morgan fingerprint density at radius 2 is 1.66 bits per heavy atom. The van der Waals surface area contributed by atoms with Crippen LogP contribution in [-0.4, -0.2) is 44.3 Å². The summed E-state index contributed by atoms with van der Waals surface area (Å²) < 4.78 is 28.8. The topological polar surface area (TPSA) is 86.8 Å². The van der Waals surface area contributed by atoms with Gasteiger partial charge in [-0.3, -0.25) is 13.9 Å². The molecule has 0 bridgehead atoms. The monoisotopic (exact) mass is 555 g/mol. The number of aryl methyl sites for hydroxylation is 2. The molecule has 1 unspecified atom stereocenters. The first-order valence-corrected chi connectivity index (χ1v) is 14.3. The van der Waals surface area contributed by atoms with Crippen molar-refractivity contribution in [3.8, 4) is 0 Å². The van der Waals surface area contributed by atoms with Crippen LogP contribution in [0.15, 0.2) is 77.7 Å². The lowest BCUT2D eigenvalue weighted by atomic mass is 10.1. The van der Waals surface area contributed by atoms with Crippen molar-refractivity contribution in [1.82, 2.24) is 10.2 Å². The van der Waals surface area contributed by atoms with Gasteiger partial charge in [-0.25, -0.2) is 8.42 Å². The van der Waals surface area contributed by atoms with E-state index in [9.17, 15) is 18.0 Å². The first-order chi connectivity index (χ1) is 18.0. The van der Waals surface area contributed by atoms with Gasteiger partial charge in [-0.15, -0.1) is 0 Å². The van der Waals surface area contributed by atoms with Gasteiger partial charge in [-0.2, -0.15) is 0 Å². The quantitative estimate of drug-likeness (QED) is 0.357. The first-order valence-electron chi connectivity index (χ1n) is 12.5. The highest BCUT2D eigenvalue weighted by molar-refractivity contribution is 7.92. The first kappa shape index (κ1) is 29.2. The Balaban J connectivity index is 2.03. The van der Waals surface area contributed by atoms with Crippen LogP contribution in [0, 0.1) is 13.8 Å². The number of halogens is 1. The largest absolute Gasteiger partial charge is 0.354 e. The van der Waals surface area contributed by atoms with Crippen molar-refractivity contribution < 1.29 is 18.0 Å². The normalized spacial score (nSPS) is 12.0. The summed E-state index contributed by atoms with van der Waals surface area (Å²) in [4.78, 5) is 28.3. The third kappa shape index (κ3) is 7.14. The molecule has 38 heavy (non-hydrogen) atoms. The van der Waals surface area contributed by atoms with Gasteiger partial charge in [0.15, 0.2) is 0 Å². The van der Waals surface area contributed by atoms with Crippen molar-refractivity contribution in [3.63, 3.8) is 0 Å². The summed E-state index contributed by atoms with van der Waals surface area (Å²) in [5.41, 5.74) is 2.94. The van der Waals surface area contributed by atoms with Gasteiger partial charge in [-0.1, -0.05) is 66.6 Å². The van der Waals surface area contributed by atoms with E-state index in [0.717, 1.165) is 21.9 Å². The fraction of sp³-hybridized carbons (Fsp3) is 0.310. The van der Waals surface area contributed by atoms with E-state index >= 15 is 0 Å². The van der Waals surface area contributed by atoms with Crippen LogP contribution in [-0.2, 0) is 26.2 Å². The van der Waals surface area contributed by atoms with E-state index in [-0.39, 0.29) is 17.3 Å². The Labute approximate surface area is 230 Å². The Bertz CT molecular complexity index is 1380. The van der Waals surface area contributed by atoms with E-state index in [4.69, 9.17) is 11.6 Å². The molecule has 0 aliphatic heterocycles. The summed E-state index contributed by atoms with van der Waals surface area (Å²) in [7, 11) is -4.14. The zero-order chi connectivity index (χ0) is 27.9. The number of rotatable bonds is 11. The fourth-order valence-corrected chi connectivity index (χ4v) is 5.68. The van der Waals surface area contributed by atoms with E-state index in [0.29, 0.717) is 22.8 Å². The summed E-state index contributed by atoms with van der Waals surface area (Å²) in [6, 6.07) is 19.7. The number of para-hydroxylation sites is 1. The van der Waals surface area contributed by atoms with Gasteiger partial charge >= 0.3 is 0 Å². The maximum atomic E-state index is 13.9. The molecule has 0 saturated heterocycles. The van der Waals surface area contributed by atoms with E-state index in [1.807, 2.05) is 38.1 Å². The van der Waals surface area contributed by atoms with Gasteiger partial charge in [0.25, 0.3) is 10.0 Å². The predicted octanol–water partition coefficient (Wildman–Crippen LogP) is 5.10. The second-order valence-corrected chi connectivity index (χ2v) is 11.5. The number of anilines is 1. The van der Waals surface area contributed by atoms with Crippen LogP contribution in [0.2, 0.25) is 5.02 Å². The van der Waals surface area contributed by atoms with Crippen LogP contribution in [0.1, 0.15) is 37.0 Å². The highest BCUT2D eigenvalue weighted by atomic mass is 35.5. The molecule has 0 heterocycles. The highest BCUT2D eigenvalue weighted by Gasteiger charge is 2.33. The number of nitrogens with one attached hydrogen (secondary N) is 1. The van der Waals surface area contributed by atoms with Crippen molar-refractivity contribution in [2.75, 3.05) is 17.4 Å². The van der Waals surface area contributed by atoms with Gasteiger partial charge in [0.1, 0.15) is 12.6 Å². The lowest BCUT2D eigenvalue weighted by Crippen LogP contribution is -2.51. The third-order valence-corrected chi connectivity index (χ3v) is 8.24. The van der Waals surface area contributed by atoms with Crippen molar-refractivity contribution >= 4 is 39.1 Å². The maximum absolute atomic E-state index is 13.9. The molecule has 202 valence electrons. The highest BCUT2D eigenvalue weighted by Crippen LogP contribution is 2.28. The Morgan fingerprint density at radius 3 is 2.29 bits per heavy atom. The molecule has 3 aromatic carbocycles. The molecule has 0 aliphatic rings. The fourth-order valence-electron chi connectivity index (χ4n) is 4.08. The molecule has 3 rings (SSSR count). The number of carbonyl (C=O) groups is 2. The molecule has 0 radical (unpaired) electrons. The van der Waals surface area contributed by atoms with E-state index in [1.54, 1.807) is 38.1 Å². The number of amides is 2. The molecule has 1 N–H and O–H groups in total. The van der Waals surface area contributed by atoms with Crippen LogP contribution in [0.3, 0.4) is 0 Å². The Morgan fingerprint density at radius 1 is 0.974 bits per heavy atom. The smallest absolute Gasteiger partial charge is 0.264 e. The third-order valence-electron chi connectivity index (χ3n) is 6.22. The molecule has 2 amide bonds. The molecular formula is C29H34ClN3O4S. The Hall–Kier alpha value is -3.36. The zero-order valence-corrected chi connectivity index (χ0v) is 23.7. The van der Waals surface area contributed by atoms with Gasteiger partial charge in [0.05, 0.1) is 10.6 Å². The molecule has 7 nitrogen and oxygen atoms in total. The molecule has 0 aliphatic carbocycles. The lowest BCUT2D eigenvalue weighted by Gasteiger charge is -2.32. The van der Waals surface area contributed by atoms with Gasteiger partial charge in [-0.05, 0) is 68.7 Å². The molecule has 1 atom stereocenters. The lowest BCUT2D eigenvalue weighted by molar-refractivity contribution is -0.139. The maximum Gasteiger partial charge on any atom is 0.264 e. The predicted molar refractivity (Wildman–Crippen MR) is 152 cm³/mol. The van der Waals surface area contributed by atoms with Crippen LogP contribution in [0.4, 0.5) is 5.69 Å². The molecule has 0 fully saturated rings. The SMILES string of the molecule is CCCNC(=O)C(C)N(Cc1cccc(C)c1)C(=O)CN(c1ccccc1C)S(=O)(=O)c1ccc(Cl)cc1. The van der Waals surface area contributed by atoms with Gasteiger partial charge < -0.3 is 10.2 Å². The summed E-state index contributed by atoms with van der Waals surface area (Å²) >= 11 is 5.99. The second kappa shape index (κ2) is 12.9. The number of sulfonamides is 1. The van der Waals surface area contributed by atoms with Gasteiger partial charge in [0, 0.05) is 18.1 Å². The van der Waals surface area contributed by atoms with Crippen LogP contribution < -0.4 is 9.62 Å². The number of nitrogens with zero attached hydrogens (tertiary/aromatic N) is 2. The number of benzene rings is 3. The molecule has 3 aromatic rings. The van der Waals surface area contributed by atoms with Crippen LogP contribution >= 0.6 is 11.6 Å². The summed E-state index contributed by atoms with van der Waals surface area (Å²) in [6.07, 6.45) is 0.755. The number of hydrogen-bond donors (Lipinski definition) is 1. The second-order valence-electron chi connectivity index (χ2n) is 9.23. The average Bonchev–Trinajstić information content (AvgIpc) is 2.89. The number of carbonyl (C=O) groups excluding carboxylic acids is 2. The van der Waals surface area contributed by atoms with E-state index < -0.39 is 28.5 Å². The van der Waals surface area contributed by atoms with Crippen LogP contribution in [0.25, 0.3) is 0 Å². The van der Waals surface area contributed by atoms with E-state index in [1.165, 1.54) is 29.2 Å². The summed E-state index contributed by atoms with van der Waals surface area (Å²) in [5, 5.41) is 3.24. The molecule has 0 saturated carbocycles. The van der Waals surface area contributed by atoms with E-state index in [2.05, 4.69) is 5.32 Å². The van der Waals surface area contributed by atoms with Crippen LogP contribution in [0.5, 0.6) is 0 Å². The zero-order valence-electron chi connectivity index (χ0n) is 22.1. The average molecular weight is 556 g/mol. The minimum Gasteiger partial charge on any atom is -0.354 e. The standard InChI is InChI=1S/C29H34ClN3O4S/c1-5-17-31-29(35)23(4)32(19-24-11-8-9-21(2)18-24)28(34)20-33(27-12-7-6-10-22(27)3)38(36,37)26-15-13-25(30)14-16-26/h6-16,18,23H,5,17,19-20H2,1-4H3,(H,31,35). The van der Waals surface area contributed by atoms with Crippen molar-refractivity contribution in [2.45, 2.75) is 51.6 Å². The minimum absolute atomic E-state index is 0.0110. The summed E-state index contributed by atoms with van der Waals surface area (Å²) in [6.45, 7) is 7.50. The minimum atomic E-state index is -4.14. The molecule has 9 heteroatoms. The van der Waals surface area contributed by atoms with Crippen molar-refractivity contribution in [1.29, 1.82) is 0 Å². The Kier molecular flexibility index (Phi) is 9.94. The molecular weight excluding hydrogens is 522 g/mol. The van der Waals surface area contributed by atoms with Crippen molar-refractivity contribution in [2.24, 2.45) is 0 Å². The van der Waals surface area contributed by atoms with Gasteiger partial charge in [0.2, 0.25) is 11.8 Å². The molecule has 0 aromatic heterocycles. The molecule has 0 spiro atoms. The summed E-state index contributed by atoms with van der Waals surface area (Å²) in [5.74, 6) is -0.790.